The number of likely N-dealkylation sites (N-methyl/N-ethyl adjacent to an activating group) is 1. The summed E-state index contributed by atoms with van der Waals surface area (Å²) in [5, 5.41) is 2.57. The molecule has 0 amide bonds. The minimum absolute atomic E-state index is 0. The minimum Gasteiger partial charge on any atom is -0.317 e. The van der Waals surface area contributed by atoms with E-state index in [0.29, 0.717) is 0 Å². The third-order valence-electron chi connectivity index (χ3n) is 1.63. The average Bonchev–Trinajstić information content (AvgIpc) is 2.02. The second kappa shape index (κ2) is 6.04. The molecule has 68 valence electrons. The Balaban J connectivity index is 0.00000196. The lowest BCUT2D eigenvalue weighted by molar-refractivity contribution is 0.608. The Morgan fingerprint density at radius 1 is 1.42 bits per heavy atom. The zero-order valence-electron chi connectivity index (χ0n) is 10.1. The van der Waals surface area contributed by atoms with E-state index in [1.807, 2.05) is 37.3 Å². The summed E-state index contributed by atoms with van der Waals surface area (Å²) in [6.07, 6.45) is 0.735. The van der Waals surface area contributed by atoms with Crippen LogP contribution >= 0.6 is 12.4 Å². The van der Waals surface area contributed by atoms with Crippen molar-refractivity contribution in [3.05, 3.63) is 35.9 Å². The van der Waals surface area contributed by atoms with Crippen molar-refractivity contribution in [2.45, 2.75) is 19.4 Å². The Bertz CT molecular complexity index is 274. The van der Waals surface area contributed by atoms with Crippen molar-refractivity contribution in [1.82, 2.24) is 5.32 Å². The van der Waals surface area contributed by atoms with Crippen molar-refractivity contribution in [3.8, 4) is 0 Å². The normalized spacial score (nSPS) is 16.6. The minimum atomic E-state index is -2.05. The van der Waals surface area contributed by atoms with Gasteiger partial charge in [0, 0.05) is 10.2 Å². The van der Waals surface area contributed by atoms with Gasteiger partial charge in [-0.05, 0) is 25.9 Å². The molecule has 2 heteroatoms. The molecular formula is C10H16ClN. The van der Waals surface area contributed by atoms with Crippen LogP contribution in [0.15, 0.2) is 30.3 Å². The van der Waals surface area contributed by atoms with Crippen molar-refractivity contribution in [2.24, 2.45) is 0 Å². The largest absolute Gasteiger partial charge is 0.317 e. The summed E-state index contributed by atoms with van der Waals surface area (Å²) in [7, 11) is 0. The van der Waals surface area contributed by atoms with E-state index in [2.05, 4.69) is 5.32 Å². The highest BCUT2D eigenvalue weighted by molar-refractivity contribution is 5.85. The molecule has 0 aliphatic rings. The van der Waals surface area contributed by atoms with E-state index < -0.39 is 6.98 Å². The Morgan fingerprint density at radius 3 is 2.67 bits per heavy atom. The van der Waals surface area contributed by atoms with Crippen LogP contribution in [0.3, 0.4) is 0 Å². The van der Waals surface area contributed by atoms with E-state index in [1.54, 1.807) is 0 Å². The summed E-state index contributed by atoms with van der Waals surface area (Å²) in [4.78, 5) is 0. The van der Waals surface area contributed by atoms with Gasteiger partial charge < -0.3 is 5.32 Å². The van der Waals surface area contributed by atoms with Gasteiger partial charge in [0.25, 0.3) is 0 Å². The van der Waals surface area contributed by atoms with Crippen LogP contribution in [0.5, 0.6) is 0 Å². The van der Waals surface area contributed by atoms with Gasteiger partial charge in [0.2, 0.25) is 0 Å². The molecule has 0 aromatic heterocycles. The highest BCUT2D eigenvalue weighted by atomic mass is 35.5. The molecule has 0 aliphatic heterocycles. The van der Waals surface area contributed by atoms with Gasteiger partial charge in [-0.25, -0.2) is 0 Å². The number of benzene rings is 1. The van der Waals surface area contributed by atoms with E-state index in [1.165, 1.54) is 0 Å². The van der Waals surface area contributed by atoms with E-state index in [4.69, 9.17) is 4.11 Å². The van der Waals surface area contributed by atoms with E-state index in [-0.39, 0.29) is 18.4 Å². The Kier molecular flexibility index (Phi) is 3.49. The third kappa shape index (κ3) is 3.74. The average molecular weight is 189 g/mol. The smallest absolute Gasteiger partial charge is 0.0391 e. The monoisotopic (exact) mass is 188 g/mol. The van der Waals surface area contributed by atoms with Crippen LogP contribution in [-0.2, 0) is 6.42 Å². The zero-order chi connectivity index (χ0) is 10.6. The van der Waals surface area contributed by atoms with E-state index >= 15 is 0 Å². The zero-order valence-corrected chi connectivity index (χ0v) is 7.90. The standard InChI is InChI=1S/C10H15N.ClH/c1-9(11-2)8-10-6-4-3-5-7-10;/h3-7,9,11H,8H2,1-2H3;1H/t9-;/m1./s1/i2D3;. The maximum atomic E-state index is 7.05. The first-order chi connectivity index (χ1) is 6.47. The predicted molar refractivity (Wildman–Crippen MR) is 55.9 cm³/mol. The fourth-order valence-corrected chi connectivity index (χ4v) is 1.02. The Hall–Kier alpha value is -0.530. The number of rotatable bonds is 3. The lowest BCUT2D eigenvalue weighted by Crippen LogP contribution is -2.23. The van der Waals surface area contributed by atoms with Crippen molar-refractivity contribution in [2.75, 3.05) is 6.98 Å². The van der Waals surface area contributed by atoms with Gasteiger partial charge >= 0.3 is 0 Å². The van der Waals surface area contributed by atoms with Crippen LogP contribution in [0.25, 0.3) is 0 Å². The fraction of sp³-hybridized carbons (Fsp3) is 0.400. The maximum absolute atomic E-state index is 7.05. The van der Waals surface area contributed by atoms with Gasteiger partial charge in [-0.1, -0.05) is 30.3 Å². The maximum Gasteiger partial charge on any atom is 0.0391 e. The quantitative estimate of drug-likeness (QED) is 0.768. The molecule has 0 fully saturated rings. The molecule has 0 saturated carbocycles. The topological polar surface area (TPSA) is 12.0 Å². The van der Waals surface area contributed by atoms with Crippen LogP contribution in [0.1, 0.15) is 16.6 Å². The molecule has 0 unspecified atom stereocenters. The van der Waals surface area contributed by atoms with Crippen LogP contribution < -0.4 is 5.32 Å². The second-order valence-electron chi connectivity index (χ2n) is 2.74. The van der Waals surface area contributed by atoms with Gasteiger partial charge in [-0.2, -0.15) is 0 Å². The van der Waals surface area contributed by atoms with Gasteiger partial charge in [0.05, 0.1) is 0 Å². The summed E-state index contributed by atoms with van der Waals surface area (Å²) in [5.74, 6) is 0. The second-order valence-corrected chi connectivity index (χ2v) is 2.74. The van der Waals surface area contributed by atoms with Gasteiger partial charge in [0.1, 0.15) is 0 Å². The molecule has 12 heavy (non-hydrogen) atoms. The molecular weight excluding hydrogens is 170 g/mol. The molecule has 0 heterocycles. The van der Waals surface area contributed by atoms with E-state index in [0.717, 1.165) is 12.0 Å². The molecule has 0 radical (unpaired) electrons. The summed E-state index contributed by atoms with van der Waals surface area (Å²) < 4.78 is 21.2. The fourth-order valence-electron chi connectivity index (χ4n) is 1.02. The van der Waals surface area contributed by atoms with Gasteiger partial charge in [-0.3, -0.25) is 0 Å². The third-order valence-corrected chi connectivity index (χ3v) is 1.63. The number of halogens is 1. The molecule has 1 aromatic carbocycles. The first kappa shape index (κ1) is 6.93. The summed E-state index contributed by atoms with van der Waals surface area (Å²) in [6.45, 7) is -0.173. The van der Waals surface area contributed by atoms with Crippen molar-refractivity contribution >= 4 is 12.4 Å². The molecule has 0 aliphatic carbocycles. The lowest BCUT2D eigenvalue weighted by atomic mass is 10.1. The Labute approximate surface area is 84.8 Å². The summed E-state index contributed by atoms with van der Waals surface area (Å²) in [5.41, 5.74) is 1.15. The molecule has 1 N–H and O–H groups in total. The predicted octanol–water partition coefficient (Wildman–Crippen LogP) is 2.26. The van der Waals surface area contributed by atoms with Crippen molar-refractivity contribution < 1.29 is 4.11 Å². The first-order valence-corrected chi connectivity index (χ1v) is 3.79. The highest BCUT2D eigenvalue weighted by Gasteiger charge is 1.97. The van der Waals surface area contributed by atoms with Gasteiger partial charge in [-0.15, -0.1) is 12.4 Å². The van der Waals surface area contributed by atoms with Crippen LogP contribution in [0, 0.1) is 0 Å². The SMILES string of the molecule is Cl.[2H]C([2H])([2H])N[C@H](C)Cc1ccccc1. The molecule has 0 bridgehead atoms. The van der Waals surface area contributed by atoms with Crippen LogP contribution in [-0.4, -0.2) is 13.0 Å². The first-order valence-electron chi connectivity index (χ1n) is 5.29. The highest BCUT2D eigenvalue weighted by Crippen LogP contribution is 2.01. The Morgan fingerprint density at radius 2 is 2.08 bits per heavy atom. The number of hydrogen-bond acceptors (Lipinski definition) is 1. The number of nitrogens with one attached hydrogen (secondary N) is 1. The van der Waals surface area contributed by atoms with Crippen molar-refractivity contribution in [1.29, 1.82) is 0 Å². The molecule has 1 atom stereocenters. The van der Waals surface area contributed by atoms with Crippen molar-refractivity contribution in [3.63, 3.8) is 0 Å². The van der Waals surface area contributed by atoms with Crippen LogP contribution in [0.2, 0.25) is 0 Å². The lowest BCUT2D eigenvalue weighted by Gasteiger charge is -2.08. The summed E-state index contributed by atoms with van der Waals surface area (Å²) >= 11 is 0. The molecule has 0 saturated heterocycles. The molecule has 0 spiro atoms. The van der Waals surface area contributed by atoms with E-state index in [9.17, 15) is 0 Å². The van der Waals surface area contributed by atoms with Gasteiger partial charge in [0.15, 0.2) is 0 Å². The number of hydrogen-bond donors (Lipinski definition) is 1. The molecule has 1 nitrogen and oxygen atoms in total. The molecule has 1 rings (SSSR count). The molecule has 1 aromatic rings. The summed E-state index contributed by atoms with van der Waals surface area (Å²) in [6, 6.07) is 9.82. The van der Waals surface area contributed by atoms with Crippen LogP contribution in [0.4, 0.5) is 0 Å².